The van der Waals surface area contributed by atoms with E-state index in [1.54, 1.807) is 10.6 Å². The van der Waals surface area contributed by atoms with Crippen molar-refractivity contribution in [1.82, 2.24) is 9.38 Å². The summed E-state index contributed by atoms with van der Waals surface area (Å²) >= 11 is 0. The second kappa shape index (κ2) is 3.66. The molecule has 0 fully saturated rings. The number of aromatic nitrogens is 2. The molecular formula is C15H9FN2O2. The topological polar surface area (TPSA) is 47.5 Å². The smallest absolute Gasteiger partial charge is 0.250 e. The number of aryl methyl sites for hydroxylation is 1. The minimum absolute atomic E-state index is 0.223. The van der Waals surface area contributed by atoms with E-state index in [4.69, 9.17) is 4.42 Å². The van der Waals surface area contributed by atoms with E-state index in [0.29, 0.717) is 16.7 Å². The molecule has 0 aliphatic rings. The van der Waals surface area contributed by atoms with Crippen LogP contribution in [-0.4, -0.2) is 9.38 Å². The van der Waals surface area contributed by atoms with E-state index in [1.807, 2.05) is 19.1 Å². The molecule has 0 spiro atoms. The van der Waals surface area contributed by atoms with Crippen LogP contribution in [0.5, 0.6) is 0 Å². The maximum atomic E-state index is 13.3. The Bertz CT molecular complexity index is 1050. The van der Waals surface area contributed by atoms with Crippen molar-refractivity contribution >= 4 is 27.8 Å². The van der Waals surface area contributed by atoms with Gasteiger partial charge < -0.3 is 4.42 Å². The monoisotopic (exact) mass is 268 g/mol. The molecule has 0 aliphatic carbocycles. The quantitative estimate of drug-likeness (QED) is 0.492. The van der Waals surface area contributed by atoms with Crippen LogP contribution in [0.1, 0.15) is 5.56 Å². The molecule has 98 valence electrons. The number of hydrogen-bond donors (Lipinski definition) is 0. The lowest BCUT2D eigenvalue weighted by Crippen LogP contribution is -2.04. The van der Waals surface area contributed by atoms with Crippen LogP contribution in [0, 0.1) is 12.7 Å². The van der Waals surface area contributed by atoms with E-state index in [-0.39, 0.29) is 16.5 Å². The molecule has 20 heavy (non-hydrogen) atoms. The number of imidazole rings is 1. The van der Waals surface area contributed by atoms with Crippen LogP contribution in [0.4, 0.5) is 4.39 Å². The molecule has 4 nitrogen and oxygen atoms in total. The first kappa shape index (κ1) is 11.2. The van der Waals surface area contributed by atoms with Crippen molar-refractivity contribution in [3.63, 3.8) is 0 Å². The summed E-state index contributed by atoms with van der Waals surface area (Å²) < 4.78 is 20.6. The molecule has 0 bridgehead atoms. The van der Waals surface area contributed by atoms with Crippen molar-refractivity contribution in [2.45, 2.75) is 6.92 Å². The van der Waals surface area contributed by atoms with Crippen LogP contribution in [0.2, 0.25) is 0 Å². The highest BCUT2D eigenvalue weighted by Crippen LogP contribution is 2.21. The van der Waals surface area contributed by atoms with Crippen molar-refractivity contribution in [1.29, 1.82) is 0 Å². The molecule has 5 heteroatoms. The SMILES string of the molecule is Cc1cccn2c1nc1oc3ccc(F)cc3c(=O)c12. The van der Waals surface area contributed by atoms with Gasteiger partial charge in [0.1, 0.15) is 17.0 Å². The van der Waals surface area contributed by atoms with Gasteiger partial charge in [-0.15, -0.1) is 0 Å². The lowest BCUT2D eigenvalue weighted by atomic mass is 10.2. The molecule has 0 radical (unpaired) electrons. The lowest BCUT2D eigenvalue weighted by Gasteiger charge is -1.98. The molecule has 0 atom stereocenters. The summed E-state index contributed by atoms with van der Waals surface area (Å²) in [6, 6.07) is 7.64. The Hall–Kier alpha value is -2.69. The first-order valence-corrected chi connectivity index (χ1v) is 6.15. The predicted molar refractivity (Wildman–Crippen MR) is 73.4 cm³/mol. The fraction of sp³-hybridized carbons (Fsp3) is 0.0667. The zero-order valence-corrected chi connectivity index (χ0v) is 10.6. The molecule has 3 aromatic heterocycles. The minimum Gasteiger partial charge on any atom is -0.436 e. The van der Waals surface area contributed by atoms with Gasteiger partial charge in [-0.25, -0.2) is 4.39 Å². The molecular weight excluding hydrogens is 259 g/mol. The third-order valence-corrected chi connectivity index (χ3v) is 3.42. The van der Waals surface area contributed by atoms with Gasteiger partial charge in [-0.05, 0) is 36.8 Å². The van der Waals surface area contributed by atoms with Crippen LogP contribution in [0.3, 0.4) is 0 Å². The number of halogens is 1. The average Bonchev–Trinajstić information content (AvgIpc) is 2.80. The lowest BCUT2D eigenvalue weighted by molar-refractivity contribution is 0.621. The predicted octanol–water partition coefficient (Wildman–Crippen LogP) is 3.04. The molecule has 4 rings (SSSR count). The highest BCUT2D eigenvalue weighted by molar-refractivity contribution is 5.88. The number of rotatable bonds is 0. The minimum atomic E-state index is -0.464. The zero-order valence-electron chi connectivity index (χ0n) is 10.6. The van der Waals surface area contributed by atoms with E-state index in [2.05, 4.69) is 4.98 Å². The van der Waals surface area contributed by atoms with Crippen LogP contribution >= 0.6 is 0 Å². The Morgan fingerprint density at radius 3 is 3.00 bits per heavy atom. The summed E-state index contributed by atoms with van der Waals surface area (Å²) in [5, 5.41) is 0.223. The van der Waals surface area contributed by atoms with Gasteiger partial charge in [-0.2, -0.15) is 4.98 Å². The van der Waals surface area contributed by atoms with Gasteiger partial charge >= 0.3 is 0 Å². The highest BCUT2D eigenvalue weighted by Gasteiger charge is 2.15. The van der Waals surface area contributed by atoms with E-state index in [0.717, 1.165) is 5.56 Å². The Labute approximate surface area is 112 Å². The zero-order chi connectivity index (χ0) is 13.9. The maximum Gasteiger partial charge on any atom is 0.250 e. The molecule has 0 aliphatic heterocycles. The van der Waals surface area contributed by atoms with Crippen LogP contribution < -0.4 is 5.43 Å². The van der Waals surface area contributed by atoms with E-state index >= 15 is 0 Å². The summed E-state index contributed by atoms with van der Waals surface area (Å²) in [5.41, 5.74) is 2.27. The second-order valence-corrected chi connectivity index (χ2v) is 4.72. The number of hydrogen-bond acceptors (Lipinski definition) is 3. The van der Waals surface area contributed by atoms with E-state index in [9.17, 15) is 9.18 Å². The average molecular weight is 268 g/mol. The van der Waals surface area contributed by atoms with E-state index in [1.165, 1.54) is 18.2 Å². The second-order valence-electron chi connectivity index (χ2n) is 4.72. The third kappa shape index (κ3) is 1.34. The summed E-state index contributed by atoms with van der Waals surface area (Å²) in [4.78, 5) is 16.9. The van der Waals surface area contributed by atoms with Gasteiger partial charge in [0.05, 0.1) is 5.39 Å². The Morgan fingerprint density at radius 2 is 2.15 bits per heavy atom. The van der Waals surface area contributed by atoms with Gasteiger partial charge in [0.25, 0.3) is 0 Å². The number of nitrogens with zero attached hydrogens (tertiary/aromatic N) is 2. The standard InChI is InChI=1S/C15H9FN2O2/c1-8-3-2-6-18-12-13(19)10-7-9(16)4-5-11(10)20-15(12)17-14(8)18/h2-7H,1H3. The molecule has 0 N–H and O–H groups in total. The van der Waals surface area contributed by atoms with Gasteiger partial charge in [0, 0.05) is 6.20 Å². The third-order valence-electron chi connectivity index (χ3n) is 3.42. The molecule has 4 aromatic rings. The summed E-state index contributed by atoms with van der Waals surface area (Å²) in [6.07, 6.45) is 1.75. The molecule has 1 aromatic carbocycles. The first-order chi connectivity index (χ1) is 9.65. The number of benzene rings is 1. The summed E-state index contributed by atoms with van der Waals surface area (Å²) in [7, 11) is 0. The van der Waals surface area contributed by atoms with Crippen molar-refractivity contribution < 1.29 is 8.81 Å². The van der Waals surface area contributed by atoms with Gasteiger partial charge in [-0.3, -0.25) is 9.20 Å². The molecule has 0 unspecified atom stereocenters. The molecule has 0 saturated carbocycles. The molecule has 0 saturated heterocycles. The first-order valence-electron chi connectivity index (χ1n) is 6.15. The summed E-state index contributed by atoms with van der Waals surface area (Å²) in [5.74, 6) is -0.464. The van der Waals surface area contributed by atoms with Gasteiger partial charge in [-0.1, -0.05) is 6.07 Å². The van der Waals surface area contributed by atoms with Crippen LogP contribution in [-0.2, 0) is 0 Å². The highest BCUT2D eigenvalue weighted by atomic mass is 19.1. The number of pyridine rings is 1. The van der Waals surface area contributed by atoms with Crippen molar-refractivity contribution in [3.8, 4) is 0 Å². The fourth-order valence-corrected chi connectivity index (χ4v) is 2.46. The normalized spacial score (nSPS) is 11.7. The summed E-state index contributed by atoms with van der Waals surface area (Å²) in [6.45, 7) is 1.91. The van der Waals surface area contributed by atoms with Crippen LogP contribution in [0.15, 0.2) is 45.7 Å². The van der Waals surface area contributed by atoms with Gasteiger partial charge in [0.2, 0.25) is 11.1 Å². The van der Waals surface area contributed by atoms with Crippen LogP contribution in [0.25, 0.3) is 27.8 Å². The van der Waals surface area contributed by atoms with Crippen molar-refractivity contribution in [2.75, 3.05) is 0 Å². The Balaban J connectivity index is 2.34. The molecule has 0 amide bonds. The Morgan fingerprint density at radius 1 is 1.30 bits per heavy atom. The largest absolute Gasteiger partial charge is 0.436 e. The Kier molecular flexibility index (Phi) is 2.04. The fourth-order valence-electron chi connectivity index (χ4n) is 2.46. The van der Waals surface area contributed by atoms with E-state index < -0.39 is 5.82 Å². The molecule has 3 heterocycles. The maximum absolute atomic E-state index is 13.3. The number of fused-ring (bicyclic) bond motifs is 4. The van der Waals surface area contributed by atoms with Gasteiger partial charge in [0.15, 0.2) is 5.52 Å². The van der Waals surface area contributed by atoms with Crippen molar-refractivity contribution in [3.05, 3.63) is 58.1 Å². The van der Waals surface area contributed by atoms with Crippen molar-refractivity contribution in [2.24, 2.45) is 0 Å².